The Labute approximate surface area is 436 Å². The van der Waals surface area contributed by atoms with Gasteiger partial charge in [0.25, 0.3) is 0 Å². The van der Waals surface area contributed by atoms with Crippen LogP contribution in [0.15, 0.2) is 85.1 Å². The molecule has 1 aliphatic heterocycles. The topological polar surface area (TPSA) is 375 Å². The summed E-state index contributed by atoms with van der Waals surface area (Å²) in [5.41, 5.74) is 20.3. The smallest absolute Gasteiger partial charge is 0.245 e. The minimum atomic E-state index is -1.76. The number of para-hydroxylation sites is 1. The van der Waals surface area contributed by atoms with E-state index in [1.54, 1.807) is 42.6 Å². The molecule has 0 bridgehead atoms. The lowest BCUT2D eigenvalue weighted by Gasteiger charge is -2.36. The number of aromatic amines is 1. The zero-order valence-corrected chi connectivity index (χ0v) is 43.1. The Kier molecular flexibility index (Phi) is 21.2. The van der Waals surface area contributed by atoms with Crippen LogP contribution in [-0.2, 0) is 57.6 Å². The van der Waals surface area contributed by atoms with Gasteiger partial charge in [0.1, 0.15) is 48.0 Å². The Balaban J connectivity index is 1.62. The molecule has 4 aromatic rings. The predicted octanol–water partition coefficient (Wildman–Crippen LogP) is -1.22. The number of primary amides is 1. The molecule has 17 N–H and O–H groups in total. The number of nitrogens with one attached hydrogen (secondary N) is 8. The van der Waals surface area contributed by atoms with Crippen molar-refractivity contribution in [2.45, 2.75) is 125 Å². The van der Waals surface area contributed by atoms with Gasteiger partial charge in [-0.25, -0.2) is 0 Å². The number of hydrogen-bond acceptors (Lipinski definition) is 15. The highest BCUT2D eigenvalue weighted by Gasteiger charge is 2.43. The summed E-state index contributed by atoms with van der Waals surface area (Å²) >= 11 is 0. The van der Waals surface area contributed by atoms with E-state index in [2.05, 4.69) is 42.2 Å². The fourth-order valence-electron chi connectivity index (χ4n) is 8.05. The van der Waals surface area contributed by atoms with E-state index >= 15 is 0 Å². The number of amides is 8. The average Bonchev–Trinajstić information content (AvgIpc) is 3.76. The monoisotopic (exact) mass is 1060 g/mol. The Morgan fingerprint density at radius 1 is 0.770 bits per heavy atom. The van der Waals surface area contributed by atoms with E-state index in [4.69, 9.17) is 17.2 Å². The molecule has 0 saturated carbocycles. The van der Waals surface area contributed by atoms with Crippen LogP contribution in [0.5, 0.6) is 5.75 Å². The Morgan fingerprint density at radius 2 is 1.38 bits per heavy atom. The molecular weight excluding hydrogens is 995 g/mol. The van der Waals surface area contributed by atoms with Crippen molar-refractivity contribution in [1.29, 1.82) is 0 Å². The van der Waals surface area contributed by atoms with Crippen LogP contribution in [0, 0.1) is 0 Å². The summed E-state index contributed by atoms with van der Waals surface area (Å²) in [7, 11) is 1.94. The molecule has 400 valence electrons. The van der Waals surface area contributed by atoms with E-state index in [1.165, 1.54) is 52.0 Å². The SMILES string of the molecule is C[C@@H](O)C1NC(=O)[C@H](CCCN)NC(=O)C(Cc2c[nH]c3ccccc23)NC(=O)[C@H](Cc2ccc(O)cc2)NC(=O)C(NC(=O)[C@H](N)Cc2ccccc2)CSSC(C)(C)C(C(=O)N[C@H](C(N)=O)[C@@H](C)O)NC1=O. The Bertz CT molecular complexity index is 2600. The van der Waals surface area contributed by atoms with Crippen molar-refractivity contribution in [3.63, 3.8) is 0 Å². The van der Waals surface area contributed by atoms with Crippen LogP contribution >= 0.6 is 21.6 Å². The van der Waals surface area contributed by atoms with Crippen LogP contribution in [0.3, 0.4) is 0 Å². The number of carbonyl (C=O) groups is 8. The van der Waals surface area contributed by atoms with Crippen molar-refractivity contribution >= 4 is 79.7 Å². The maximum Gasteiger partial charge on any atom is 0.245 e. The summed E-state index contributed by atoms with van der Waals surface area (Å²) in [5, 5.41) is 50.5. The van der Waals surface area contributed by atoms with Crippen molar-refractivity contribution in [3.05, 3.63) is 102 Å². The van der Waals surface area contributed by atoms with Gasteiger partial charge < -0.3 is 74.7 Å². The Morgan fingerprint density at radius 3 is 2.01 bits per heavy atom. The second-order valence-corrected chi connectivity index (χ2v) is 21.7. The molecule has 0 spiro atoms. The Hall–Kier alpha value is -6.70. The van der Waals surface area contributed by atoms with Gasteiger partial charge in [0.05, 0.1) is 18.2 Å². The van der Waals surface area contributed by atoms with E-state index in [0.717, 1.165) is 38.1 Å². The highest BCUT2D eigenvalue weighted by Crippen LogP contribution is 2.39. The van der Waals surface area contributed by atoms with Gasteiger partial charge in [-0.05, 0) is 88.4 Å². The lowest BCUT2D eigenvalue weighted by Crippen LogP contribution is -2.65. The van der Waals surface area contributed by atoms with Crippen molar-refractivity contribution in [3.8, 4) is 5.75 Å². The summed E-state index contributed by atoms with van der Waals surface area (Å²) in [6.07, 6.45) is -1.53. The number of phenols is 1. The number of aromatic nitrogens is 1. The zero-order valence-electron chi connectivity index (χ0n) is 41.5. The molecule has 1 saturated heterocycles. The van der Waals surface area contributed by atoms with Gasteiger partial charge in [-0.3, -0.25) is 38.4 Å². The van der Waals surface area contributed by atoms with Gasteiger partial charge >= 0.3 is 0 Å². The molecule has 22 nitrogen and oxygen atoms in total. The molecule has 8 amide bonds. The fourth-order valence-corrected chi connectivity index (χ4v) is 10.9. The number of carbonyl (C=O) groups excluding carboxylic acids is 8. The summed E-state index contributed by atoms with van der Waals surface area (Å²) in [5.74, 6) is -7.70. The third-order valence-corrected chi connectivity index (χ3v) is 15.5. The van der Waals surface area contributed by atoms with Crippen molar-refractivity contribution in [2.75, 3.05) is 12.3 Å². The first-order valence-corrected chi connectivity index (χ1v) is 26.3. The zero-order chi connectivity index (χ0) is 54.3. The molecule has 24 heteroatoms. The lowest BCUT2D eigenvalue weighted by molar-refractivity contribution is -0.137. The van der Waals surface area contributed by atoms with Gasteiger partial charge in [-0.2, -0.15) is 0 Å². The van der Waals surface area contributed by atoms with Crippen LogP contribution in [0.4, 0.5) is 0 Å². The maximum absolute atomic E-state index is 14.8. The van der Waals surface area contributed by atoms with Crippen molar-refractivity contribution in [2.24, 2.45) is 17.2 Å². The lowest BCUT2D eigenvalue weighted by atomic mass is 9.99. The molecule has 4 unspecified atom stereocenters. The molecular formula is C50H67N11O11S2. The largest absolute Gasteiger partial charge is 0.508 e. The van der Waals surface area contributed by atoms with E-state index in [1.807, 2.05) is 18.2 Å². The third-order valence-electron chi connectivity index (χ3n) is 12.2. The molecule has 1 fully saturated rings. The maximum atomic E-state index is 14.8. The van der Waals surface area contributed by atoms with E-state index in [-0.39, 0.29) is 50.2 Å². The third kappa shape index (κ3) is 16.4. The standard InChI is InChI=1S/C50H67N11O11S2/c1-26(62)39(42(53)65)59-49(72)41-50(3,4)74-73-25-38(58-43(66)33(52)21-28-11-6-5-7-12-28)47(70)56-36(22-29-16-18-31(64)19-17-29)45(68)57-37(23-30-24-54-34-14-9-8-13-32(30)34)46(69)55-35(15-10-20-51)44(67)60-40(27(2)63)48(71)61-41/h5-9,11-14,16-19,24,26-27,33,35-41,54,62-64H,10,15,20-23,25,51-52H2,1-4H3,(H2,53,65)(H,55,69)(H,56,70)(H,57,68)(H,58,66)(H,59,72)(H,60,67)(H,61,71)/t26-,27-,33-,35+,36+,37?,38?,39+,40?,41?/m1/s1. The minimum absolute atomic E-state index is 0.0658. The molecule has 3 aromatic carbocycles. The van der Waals surface area contributed by atoms with E-state index < -0.39 is 113 Å². The molecule has 5 rings (SSSR count). The van der Waals surface area contributed by atoms with Crippen LogP contribution in [-0.4, -0.2) is 145 Å². The van der Waals surface area contributed by atoms with Gasteiger partial charge in [0, 0.05) is 40.4 Å². The molecule has 10 atom stereocenters. The summed E-state index contributed by atoms with van der Waals surface area (Å²) in [4.78, 5) is 116. The van der Waals surface area contributed by atoms with Gasteiger partial charge in [-0.15, -0.1) is 0 Å². The normalized spacial score (nSPS) is 23.1. The van der Waals surface area contributed by atoms with Crippen molar-refractivity contribution < 1.29 is 53.7 Å². The molecule has 2 heterocycles. The van der Waals surface area contributed by atoms with Crippen molar-refractivity contribution in [1.82, 2.24) is 42.2 Å². The number of hydrogen-bond donors (Lipinski definition) is 14. The fraction of sp³-hybridized carbons (Fsp3) is 0.440. The highest BCUT2D eigenvalue weighted by molar-refractivity contribution is 8.77. The first kappa shape index (κ1) is 58.2. The number of aromatic hydroxyl groups is 1. The van der Waals surface area contributed by atoms with Gasteiger partial charge in [0.15, 0.2) is 0 Å². The molecule has 0 aliphatic carbocycles. The number of H-pyrrole nitrogens is 1. The first-order valence-electron chi connectivity index (χ1n) is 24.0. The summed E-state index contributed by atoms with van der Waals surface area (Å²) in [6.45, 7) is 5.57. The van der Waals surface area contributed by atoms with Crippen LogP contribution < -0.4 is 54.4 Å². The number of aliphatic hydroxyl groups is 2. The molecule has 1 aliphatic rings. The molecule has 0 radical (unpaired) electrons. The van der Waals surface area contributed by atoms with Gasteiger partial charge in [0.2, 0.25) is 47.3 Å². The quantitative estimate of drug-likeness (QED) is 0.0585. The predicted molar refractivity (Wildman–Crippen MR) is 280 cm³/mol. The number of rotatable bonds is 16. The van der Waals surface area contributed by atoms with E-state index in [9.17, 15) is 53.7 Å². The van der Waals surface area contributed by atoms with Crippen LogP contribution in [0.2, 0.25) is 0 Å². The van der Waals surface area contributed by atoms with Crippen LogP contribution in [0.25, 0.3) is 10.9 Å². The molecule has 74 heavy (non-hydrogen) atoms. The first-order chi connectivity index (χ1) is 35.1. The van der Waals surface area contributed by atoms with Gasteiger partial charge in [-0.1, -0.05) is 82.3 Å². The highest BCUT2D eigenvalue weighted by atomic mass is 33.1. The second-order valence-electron chi connectivity index (χ2n) is 18.7. The number of fused-ring (bicyclic) bond motifs is 1. The number of benzene rings is 3. The number of phenolic OH excluding ortho intramolecular Hbond substituents is 1. The number of aliphatic hydroxyl groups excluding tert-OH is 2. The number of nitrogens with two attached hydrogens (primary N) is 3. The summed E-state index contributed by atoms with van der Waals surface area (Å²) in [6, 6.07) is 10.1. The summed E-state index contributed by atoms with van der Waals surface area (Å²) < 4.78 is -1.42. The minimum Gasteiger partial charge on any atom is -0.508 e. The van der Waals surface area contributed by atoms with Crippen LogP contribution in [0.1, 0.15) is 57.2 Å². The molecule has 1 aromatic heterocycles. The van der Waals surface area contributed by atoms with E-state index in [0.29, 0.717) is 11.1 Å². The second kappa shape index (κ2) is 27.0. The average molecular weight is 1060 g/mol.